The second-order valence-electron chi connectivity index (χ2n) is 7.09. The summed E-state index contributed by atoms with van der Waals surface area (Å²) < 4.78 is 0. The van der Waals surface area contributed by atoms with Crippen molar-refractivity contribution < 1.29 is 4.79 Å². The minimum Gasteiger partial charge on any atom is -0.352 e. The van der Waals surface area contributed by atoms with Crippen molar-refractivity contribution in [2.24, 2.45) is 17.6 Å². The molecule has 128 valence electrons. The third-order valence-corrected chi connectivity index (χ3v) is 5.04. The number of amides is 1. The topological polar surface area (TPSA) is 58.4 Å². The lowest BCUT2D eigenvalue weighted by atomic mass is 9.98. The smallest absolute Gasteiger partial charge is 0.224 e. The summed E-state index contributed by atoms with van der Waals surface area (Å²) in [5, 5.41) is 3.03. The summed E-state index contributed by atoms with van der Waals surface area (Å²) in [5.41, 5.74) is 8.32. The van der Waals surface area contributed by atoms with Gasteiger partial charge in [-0.15, -0.1) is 0 Å². The van der Waals surface area contributed by atoms with Gasteiger partial charge in [-0.2, -0.15) is 0 Å². The molecular weight excluding hydrogens is 286 g/mol. The van der Waals surface area contributed by atoms with Crippen molar-refractivity contribution in [1.29, 1.82) is 0 Å². The molecule has 1 heterocycles. The Labute approximate surface area is 140 Å². The predicted molar refractivity (Wildman–Crippen MR) is 94.8 cm³/mol. The number of nitrogens with zero attached hydrogens (tertiary/aromatic N) is 1. The number of hydrogen-bond donors (Lipinski definition) is 2. The highest BCUT2D eigenvalue weighted by Gasteiger charge is 2.18. The first-order valence-electron chi connectivity index (χ1n) is 8.79. The minimum atomic E-state index is -0.161. The van der Waals surface area contributed by atoms with E-state index in [4.69, 9.17) is 5.73 Å². The van der Waals surface area contributed by atoms with Gasteiger partial charge in [0.25, 0.3) is 0 Å². The summed E-state index contributed by atoms with van der Waals surface area (Å²) in [5.74, 6) is 0.716. The average molecular weight is 317 g/mol. The van der Waals surface area contributed by atoms with Gasteiger partial charge >= 0.3 is 0 Å². The Morgan fingerprint density at radius 1 is 1.26 bits per heavy atom. The monoisotopic (exact) mass is 317 g/mol. The van der Waals surface area contributed by atoms with Gasteiger partial charge in [-0.25, -0.2) is 0 Å². The molecule has 1 aromatic carbocycles. The molecule has 1 aliphatic rings. The van der Waals surface area contributed by atoms with Crippen LogP contribution in [-0.2, 0) is 17.9 Å². The van der Waals surface area contributed by atoms with E-state index >= 15 is 0 Å². The second-order valence-corrected chi connectivity index (χ2v) is 7.09. The van der Waals surface area contributed by atoms with Crippen LogP contribution in [0.5, 0.6) is 0 Å². The Balaban J connectivity index is 1.93. The normalized spacial score (nSPS) is 19.3. The molecule has 4 nitrogen and oxygen atoms in total. The molecule has 0 spiro atoms. The van der Waals surface area contributed by atoms with Crippen LogP contribution >= 0.6 is 0 Å². The van der Waals surface area contributed by atoms with Crippen LogP contribution < -0.4 is 11.1 Å². The van der Waals surface area contributed by atoms with E-state index in [9.17, 15) is 4.79 Å². The first kappa shape index (κ1) is 18.0. The SMILES string of the molecule is CC1CCN(Cc2ccccc2CNC(=O)C(C)C(C)N)CC1. The molecule has 2 unspecified atom stereocenters. The van der Waals surface area contributed by atoms with Crippen molar-refractivity contribution in [2.45, 2.75) is 52.7 Å². The van der Waals surface area contributed by atoms with E-state index in [-0.39, 0.29) is 17.9 Å². The summed E-state index contributed by atoms with van der Waals surface area (Å²) in [6.07, 6.45) is 2.57. The third-order valence-electron chi connectivity index (χ3n) is 5.04. The second kappa shape index (κ2) is 8.46. The Morgan fingerprint density at radius 2 is 1.87 bits per heavy atom. The molecule has 1 aromatic rings. The maximum Gasteiger partial charge on any atom is 0.224 e. The standard InChI is InChI=1S/C19H31N3O/c1-14-8-10-22(11-9-14)13-18-7-5-4-6-17(18)12-21-19(23)15(2)16(3)20/h4-7,14-16H,8-13,20H2,1-3H3,(H,21,23). The molecule has 0 saturated carbocycles. The van der Waals surface area contributed by atoms with Crippen molar-refractivity contribution in [3.63, 3.8) is 0 Å². The number of carbonyl (C=O) groups excluding carboxylic acids is 1. The van der Waals surface area contributed by atoms with Gasteiger partial charge in [-0.3, -0.25) is 9.69 Å². The molecule has 0 aromatic heterocycles. The van der Waals surface area contributed by atoms with E-state index in [0.29, 0.717) is 6.54 Å². The number of benzene rings is 1. The van der Waals surface area contributed by atoms with Crippen LogP contribution in [0.3, 0.4) is 0 Å². The van der Waals surface area contributed by atoms with Gasteiger partial charge in [0.1, 0.15) is 0 Å². The molecule has 0 aliphatic carbocycles. The molecule has 1 aliphatic heterocycles. The van der Waals surface area contributed by atoms with Gasteiger partial charge in [0.2, 0.25) is 5.91 Å². The predicted octanol–water partition coefficient (Wildman–Crippen LogP) is 2.52. The summed E-state index contributed by atoms with van der Waals surface area (Å²) in [7, 11) is 0. The van der Waals surface area contributed by atoms with Crippen molar-refractivity contribution in [1.82, 2.24) is 10.2 Å². The summed E-state index contributed by atoms with van der Waals surface area (Å²) in [6, 6.07) is 8.28. The van der Waals surface area contributed by atoms with E-state index in [1.54, 1.807) is 0 Å². The largest absolute Gasteiger partial charge is 0.352 e. The van der Waals surface area contributed by atoms with Crippen LogP contribution in [0.2, 0.25) is 0 Å². The molecular formula is C19H31N3O. The zero-order valence-corrected chi connectivity index (χ0v) is 14.7. The van der Waals surface area contributed by atoms with E-state index in [1.165, 1.54) is 37.1 Å². The fraction of sp³-hybridized carbons (Fsp3) is 0.632. The van der Waals surface area contributed by atoms with Gasteiger partial charge in [0, 0.05) is 25.0 Å². The fourth-order valence-electron chi connectivity index (χ4n) is 2.93. The number of piperidine rings is 1. The van der Waals surface area contributed by atoms with Gasteiger partial charge in [-0.05, 0) is 49.9 Å². The Hall–Kier alpha value is -1.39. The molecule has 4 heteroatoms. The quantitative estimate of drug-likeness (QED) is 0.847. The number of nitrogens with two attached hydrogens (primary N) is 1. The van der Waals surface area contributed by atoms with Crippen LogP contribution in [0.25, 0.3) is 0 Å². The van der Waals surface area contributed by atoms with Crippen LogP contribution in [0.4, 0.5) is 0 Å². The Morgan fingerprint density at radius 3 is 2.48 bits per heavy atom. The first-order valence-corrected chi connectivity index (χ1v) is 8.79. The zero-order chi connectivity index (χ0) is 16.8. The highest BCUT2D eigenvalue weighted by molar-refractivity contribution is 5.78. The number of nitrogens with one attached hydrogen (secondary N) is 1. The van der Waals surface area contributed by atoms with Crippen LogP contribution in [0, 0.1) is 11.8 Å². The van der Waals surface area contributed by atoms with E-state index < -0.39 is 0 Å². The number of hydrogen-bond acceptors (Lipinski definition) is 3. The number of rotatable bonds is 6. The zero-order valence-electron chi connectivity index (χ0n) is 14.7. The third kappa shape index (κ3) is 5.33. The van der Waals surface area contributed by atoms with Crippen molar-refractivity contribution in [2.75, 3.05) is 13.1 Å². The van der Waals surface area contributed by atoms with Gasteiger partial charge in [0.05, 0.1) is 0 Å². The maximum absolute atomic E-state index is 12.1. The molecule has 0 bridgehead atoms. The lowest BCUT2D eigenvalue weighted by Gasteiger charge is -2.30. The maximum atomic E-state index is 12.1. The number of likely N-dealkylation sites (tertiary alicyclic amines) is 1. The molecule has 1 fully saturated rings. The van der Waals surface area contributed by atoms with Crippen molar-refractivity contribution >= 4 is 5.91 Å². The molecule has 3 N–H and O–H groups in total. The van der Waals surface area contributed by atoms with E-state index in [0.717, 1.165) is 12.5 Å². The van der Waals surface area contributed by atoms with Crippen LogP contribution in [0.1, 0.15) is 44.7 Å². The van der Waals surface area contributed by atoms with Gasteiger partial charge in [0.15, 0.2) is 0 Å². The van der Waals surface area contributed by atoms with E-state index in [2.05, 4.69) is 35.3 Å². The van der Waals surface area contributed by atoms with Gasteiger partial charge in [-0.1, -0.05) is 38.1 Å². The molecule has 0 radical (unpaired) electrons. The fourth-order valence-corrected chi connectivity index (χ4v) is 2.93. The molecule has 1 saturated heterocycles. The van der Waals surface area contributed by atoms with Gasteiger partial charge < -0.3 is 11.1 Å². The van der Waals surface area contributed by atoms with Crippen molar-refractivity contribution in [3.8, 4) is 0 Å². The molecule has 2 atom stereocenters. The highest BCUT2D eigenvalue weighted by atomic mass is 16.1. The van der Waals surface area contributed by atoms with Crippen LogP contribution in [-0.4, -0.2) is 29.9 Å². The Bertz CT molecular complexity index is 507. The Kier molecular flexibility index (Phi) is 6.60. The summed E-state index contributed by atoms with van der Waals surface area (Å²) >= 11 is 0. The summed E-state index contributed by atoms with van der Waals surface area (Å²) in [6.45, 7) is 9.97. The lowest BCUT2D eigenvalue weighted by molar-refractivity contribution is -0.125. The summed E-state index contributed by atoms with van der Waals surface area (Å²) in [4.78, 5) is 14.6. The minimum absolute atomic E-state index is 0.0293. The van der Waals surface area contributed by atoms with Crippen molar-refractivity contribution in [3.05, 3.63) is 35.4 Å². The van der Waals surface area contributed by atoms with E-state index in [1.807, 2.05) is 19.9 Å². The molecule has 2 rings (SSSR count). The number of carbonyl (C=O) groups is 1. The highest BCUT2D eigenvalue weighted by Crippen LogP contribution is 2.19. The lowest BCUT2D eigenvalue weighted by Crippen LogP contribution is -2.38. The first-order chi connectivity index (χ1) is 11.0. The molecule has 23 heavy (non-hydrogen) atoms. The molecule has 1 amide bonds. The van der Waals surface area contributed by atoms with Crippen LogP contribution in [0.15, 0.2) is 24.3 Å². The average Bonchev–Trinajstić information content (AvgIpc) is 2.55.